The van der Waals surface area contributed by atoms with Gasteiger partial charge < -0.3 is 11.1 Å². The monoisotopic (exact) mass is 241 g/mol. The smallest absolute Gasteiger partial charge is 0.150 e. The molecule has 0 amide bonds. The van der Waals surface area contributed by atoms with Crippen LogP contribution in [0.4, 0.5) is 11.5 Å². The van der Waals surface area contributed by atoms with Gasteiger partial charge in [0.25, 0.3) is 0 Å². The first-order valence-electron chi connectivity index (χ1n) is 5.21. The lowest BCUT2D eigenvalue weighted by Crippen LogP contribution is -2.16. The molecule has 88 valence electrons. The topological polar surface area (TPSA) is 85.1 Å². The van der Waals surface area contributed by atoms with Gasteiger partial charge in [0.15, 0.2) is 9.84 Å². The average Bonchev–Trinajstić information content (AvgIpc) is 2.57. The summed E-state index contributed by atoms with van der Waals surface area (Å²) in [5.41, 5.74) is 6.44. The molecular weight excluding hydrogens is 226 g/mol. The Bertz CT molecular complexity index is 473. The molecule has 1 saturated heterocycles. The molecule has 1 aliphatic rings. The zero-order valence-corrected chi connectivity index (χ0v) is 9.70. The Morgan fingerprint density at radius 3 is 3.00 bits per heavy atom. The number of nitrogens with two attached hydrogens (primary N) is 1. The number of nitrogens with zero attached hydrogens (tertiary/aromatic N) is 1. The fourth-order valence-electron chi connectivity index (χ4n) is 1.85. The SMILES string of the molecule is Nc1ncccc1NCC1CCS(=O)(=O)C1. The molecule has 1 unspecified atom stereocenters. The Hall–Kier alpha value is -1.30. The average molecular weight is 241 g/mol. The molecule has 1 aliphatic heterocycles. The number of nitrogen functional groups attached to an aromatic ring is 1. The highest BCUT2D eigenvalue weighted by atomic mass is 32.2. The van der Waals surface area contributed by atoms with E-state index in [9.17, 15) is 8.42 Å². The lowest BCUT2D eigenvalue weighted by atomic mass is 10.1. The van der Waals surface area contributed by atoms with Crippen LogP contribution >= 0.6 is 0 Å². The zero-order chi connectivity index (χ0) is 11.6. The van der Waals surface area contributed by atoms with E-state index < -0.39 is 9.84 Å². The van der Waals surface area contributed by atoms with Crippen molar-refractivity contribution >= 4 is 21.3 Å². The number of rotatable bonds is 3. The van der Waals surface area contributed by atoms with E-state index in [2.05, 4.69) is 10.3 Å². The Labute approximate surface area is 95.0 Å². The Morgan fingerprint density at radius 1 is 1.56 bits per heavy atom. The van der Waals surface area contributed by atoms with Crippen LogP contribution in [0.1, 0.15) is 6.42 Å². The molecule has 1 aromatic heterocycles. The van der Waals surface area contributed by atoms with E-state index in [1.54, 1.807) is 12.3 Å². The largest absolute Gasteiger partial charge is 0.382 e. The van der Waals surface area contributed by atoms with Gasteiger partial charge in [0, 0.05) is 12.7 Å². The number of anilines is 2. The lowest BCUT2D eigenvalue weighted by Gasteiger charge is -2.11. The third kappa shape index (κ3) is 2.63. The first kappa shape index (κ1) is 11.2. The van der Waals surface area contributed by atoms with Gasteiger partial charge in [0.1, 0.15) is 5.82 Å². The van der Waals surface area contributed by atoms with Crippen molar-refractivity contribution in [1.29, 1.82) is 0 Å². The van der Waals surface area contributed by atoms with Gasteiger partial charge in [0.05, 0.1) is 17.2 Å². The molecule has 6 heteroatoms. The molecule has 2 rings (SSSR count). The quantitative estimate of drug-likeness (QED) is 0.805. The van der Waals surface area contributed by atoms with Gasteiger partial charge in [-0.2, -0.15) is 0 Å². The molecule has 2 heterocycles. The van der Waals surface area contributed by atoms with Crippen molar-refractivity contribution in [1.82, 2.24) is 4.98 Å². The van der Waals surface area contributed by atoms with Crippen LogP contribution in [0, 0.1) is 5.92 Å². The van der Waals surface area contributed by atoms with Crippen LogP contribution in [-0.4, -0.2) is 31.5 Å². The van der Waals surface area contributed by atoms with E-state index in [4.69, 9.17) is 5.73 Å². The van der Waals surface area contributed by atoms with Crippen molar-refractivity contribution in [3.63, 3.8) is 0 Å². The van der Waals surface area contributed by atoms with Crippen LogP contribution in [0.15, 0.2) is 18.3 Å². The van der Waals surface area contributed by atoms with Gasteiger partial charge in [-0.05, 0) is 24.5 Å². The third-order valence-corrected chi connectivity index (χ3v) is 4.58. The van der Waals surface area contributed by atoms with Gasteiger partial charge in [-0.15, -0.1) is 0 Å². The van der Waals surface area contributed by atoms with E-state index in [1.807, 2.05) is 6.07 Å². The van der Waals surface area contributed by atoms with Crippen LogP contribution in [-0.2, 0) is 9.84 Å². The second-order valence-electron chi connectivity index (χ2n) is 4.09. The minimum absolute atomic E-state index is 0.185. The van der Waals surface area contributed by atoms with Crippen molar-refractivity contribution < 1.29 is 8.42 Å². The molecule has 1 atom stereocenters. The number of nitrogens with one attached hydrogen (secondary N) is 1. The van der Waals surface area contributed by atoms with Crippen molar-refractivity contribution in [2.45, 2.75) is 6.42 Å². The molecule has 16 heavy (non-hydrogen) atoms. The van der Waals surface area contributed by atoms with Gasteiger partial charge in [-0.1, -0.05) is 0 Å². The van der Waals surface area contributed by atoms with Gasteiger partial charge >= 0.3 is 0 Å². The maximum Gasteiger partial charge on any atom is 0.150 e. The van der Waals surface area contributed by atoms with Gasteiger partial charge in [-0.25, -0.2) is 13.4 Å². The summed E-state index contributed by atoms with van der Waals surface area (Å²) in [4.78, 5) is 3.95. The van der Waals surface area contributed by atoms with Crippen molar-refractivity contribution in [2.75, 3.05) is 29.1 Å². The molecule has 0 saturated carbocycles. The molecule has 0 aromatic carbocycles. The van der Waals surface area contributed by atoms with Crippen molar-refractivity contribution in [2.24, 2.45) is 5.92 Å². The number of hydrogen-bond acceptors (Lipinski definition) is 5. The lowest BCUT2D eigenvalue weighted by molar-refractivity contribution is 0.596. The molecule has 0 bridgehead atoms. The fourth-order valence-corrected chi connectivity index (χ4v) is 3.72. The highest BCUT2D eigenvalue weighted by Gasteiger charge is 2.27. The maximum atomic E-state index is 11.3. The van der Waals surface area contributed by atoms with Crippen LogP contribution in [0.3, 0.4) is 0 Å². The van der Waals surface area contributed by atoms with Gasteiger partial charge in [-0.3, -0.25) is 0 Å². The number of hydrogen-bond donors (Lipinski definition) is 2. The summed E-state index contributed by atoms with van der Waals surface area (Å²) in [6.45, 7) is 0.634. The second kappa shape index (κ2) is 4.29. The summed E-state index contributed by atoms with van der Waals surface area (Å²) in [6, 6.07) is 3.63. The summed E-state index contributed by atoms with van der Waals surface area (Å²) in [5.74, 6) is 1.22. The standard InChI is InChI=1S/C10H15N3O2S/c11-10-9(2-1-4-12-10)13-6-8-3-5-16(14,15)7-8/h1-2,4,8,13H,3,5-7H2,(H2,11,12). The predicted octanol–water partition coefficient (Wildman–Crippen LogP) is 0.510. The molecule has 1 fully saturated rings. The Morgan fingerprint density at radius 2 is 2.38 bits per heavy atom. The Kier molecular flexibility index (Phi) is 3.00. The second-order valence-corrected chi connectivity index (χ2v) is 6.31. The van der Waals surface area contributed by atoms with E-state index in [0.717, 1.165) is 12.1 Å². The minimum Gasteiger partial charge on any atom is -0.382 e. The zero-order valence-electron chi connectivity index (χ0n) is 8.89. The van der Waals surface area contributed by atoms with Crippen LogP contribution < -0.4 is 11.1 Å². The molecule has 1 aromatic rings. The predicted molar refractivity (Wildman–Crippen MR) is 63.9 cm³/mol. The summed E-state index contributed by atoms with van der Waals surface area (Å²) >= 11 is 0. The highest BCUT2D eigenvalue weighted by Crippen LogP contribution is 2.20. The van der Waals surface area contributed by atoms with E-state index >= 15 is 0 Å². The molecule has 0 spiro atoms. The molecule has 0 radical (unpaired) electrons. The number of aromatic nitrogens is 1. The summed E-state index contributed by atoms with van der Waals surface area (Å²) in [5, 5.41) is 3.14. The number of sulfone groups is 1. The molecule has 0 aliphatic carbocycles. The Balaban J connectivity index is 1.92. The minimum atomic E-state index is -2.80. The molecular formula is C10H15N3O2S. The first-order chi connectivity index (χ1) is 7.57. The van der Waals surface area contributed by atoms with E-state index in [0.29, 0.717) is 18.1 Å². The van der Waals surface area contributed by atoms with Crippen molar-refractivity contribution in [3.05, 3.63) is 18.3 Å². The summed E-state index contributed by atoms with van der Waals surface area (Å²) in [7, 11) is -2.80. The van der Waals surface area contributed by atoms with Crippen molar-refractivity contribution in [3.8, 4) is 0 Å². The maximum absolute atomic E-state index is 11.3. The summed E-state index contributed by atoms with van der Waals surface area (Å²) in [6.07, 6.45) is 2.36. The van der Waals surface area contributed by atoms with Crippen LogP contribution in [0.25, 0.3) is 0 Å². The fraction of sp³-hybridized carbons (Fsp3) is 0.500. The molecule has 5 nitrogen and oxygen atoms in total. The molecule has 3 N–H and O–H groups in total. The van der Waals surface area contributed by atoms with E-state index in [1.165, 1.54) is 0 Å². The third-order valence-electron chi connectivity index (χ3n) is 2.75. The number of pyridine rings is 1. The van der Waals surface area contributed by atoms with Gasteiger partial charge in [0.2, 0.25) is 0 Å². The first-order valence-corrected chi connectivity index (χ1v) is 7.04. The van der Waals surface area contributed by atoms with Crippen LogP contribution in [0.2, 0.25) is 0 Å². The highest BCUT2D eigenvalue weighted by molar-refractivity contribution is 7.91. The normalized spacial score (nSPS) is 23.1. The summed E-state index contributed by atoms with van der Waals surface area (Å²) < 4.78 is 22.5. The van der Waals surface area contributed by atoms with E-state index in [-0.39, 0.29) is 11.7 Å². The van der Waals surface area contributed by atoms with Crippen LogP contribution in [0.5, 0.6) is 0 Å².